The van der Waals surface area contributed by atoms with Crippen LogP contribution < -0.4 is 25.6 Å². The molecule has 2 aromatic carbocycles. The lowest BCUT2D eigenvalue weighted by molar-refractivity contribution is 0.122. The average Bonchev–Trinajstić information content (AvgIpc) is 3.44. The summed E-state index contributed by atoms with van der Waals surface area (Å²) in [6.45, 7) is 7.39. The predicted octanol–water partition coefficient (Wildman–Crippen LogP) is 5.78. The number of morpholine rings is 1. The van der Waals surface area contributed by atoms with E-state index in [1.165, 1.54) is 5.30 Å². The number of aryl methyl sites for hydroxylation is 1. The van der Waals surface area contributed by atoms with Crippen molar-refractivity contribution in [1.82, 2.24) is 24.7 Å². The van der Waals surface area contributed by atoms with Gasteiger partial charge in [0.25, 0.3) is 0 Å². The first kappa shape index (κ1) is 28.2. The smallest absolute Gasteiger partial charge is 0.229 e. The maximum absolute atomic E-state index is 6.59. The fourth-order valence-corrected chi connectivity index (χ4v) is 6.56. The number of pyridine rings is 1. The topological polar surface area (TPSA) is 102 Å². The first-order chi connectivity index (χ1) is 20.4. The SMILES string of the molecule is COc1cc(N2CCOCC2)c(-c2cnn(C)c2)cc1Nc1ncc(Cl)c(Nc2cnc3ccccc3c2P(C)C)n1. The molecule has 1 saturated heterocycles. The van der Waals surface area contributed by atoms with E-state index in [1.807, 2.05) is 49.9 Å². The van der Waals surface area contributed by atoms with E-state index in [-0.39, 0.29) is 0 Å². The Hall–Kier alpha value is -3.98. The van der Waals surface area contributed by atoms with Crippen LogP contribution in [0.2, 0.25) is 5.02 Å². The van der Waals surface area contributed by atoms with Crippen LogP contribution >= 0.6 is 19.5 Å². The molecule has 0 amide bonds. The van der Waals surface area contributed by atoms with Crippen LogP contribution in [0.15, 0.2) is 61.2 Å². The van der Waals surface area contributed by atoms with Crippen molar-refractivity contribution in [3.05, 3.63) is 66.2 Å². The molecule has 0 spiro atoms. The second-order valence-corrected chi connectivity index (χ2v) is 12.8. The van der Waals surface area contributed by atoms with Crippen molar-refractivity contribution in [2.45, 2.75) is 0 Å². The minimum absolute atomic E-state index is 0.377. The molecular weight excluding hydrogens is 571 g/mol. The molecule has 0 atom stereocenters. The van der Waals surface area contributed by atoms with Gasteiger partial charge >= 0.3 is 0 Å². The number of ether oxygens (including phenoxy) is 2. The van der Waals surface area contributed by atoms with Crippen LogP contribution in [0, 0.1) is 0 Å². The van der Waals surface area contributed by atoms with Gasteiger partial charge in [-0.3, -0.25) is 9.67 Å². The van der Waals surface area contributed by atoms with Crippen molar-refractivity contribution in [2.24, 2.45) is 7.05 Å². The van der Waals surface area contributed by atoms with E-state index in [4.69, 9.17) is 26.1 Å². The van der Waals surface area contributed by atoms with Crippen molar-refractivity contribution < 1.29 is 9.47 Å². The summed E-state index contributed by atoms with van der Waals surface area (Å²) < 4.78 is 13.2. The fraction of sp³-hybridized carbons (Fsp3) is 0.267. The quantitative estimate of drug-likeness (QED) is 0.214. The maximum atomic E-state index is 6.59. The van der Waals surface area contributed by atoms with E-state index >= 15 is 0 Å². The summed E-state index contributed by atoms with van der Waals surface area (Å²) in [7, 11) is 3.12. The van der Waals surface area contributed by atoms with Gasteiger partial charge in [-0.1, -0.05) is 37.7 Å². The Labute approximate surface area is 250 Å². The number of aromatic nitrogens is 5. The van der Waals surface area contributed by atoms with Crippen LogP contribution in [0.3, 0.4) is 0 Å². The maximum Gasteiger partial charge on any atom is 0.229 e. The molecule has 0 bridgehead atoms. The summed E-state index contributed by atoms with van der Waals surface area (Å²) in [5.41, 5.74) is 5.63. The van der Waals surface area contributed by atoms with Gasteiger partial charge in [-0.2, -0.15) is 10.1 Å². The van der Waals surface area contributed by atoms with Gasteiger partial charge in [0.1, 0.15) is 10.8 Å². The molecule has 0 radical (unpaired) electrons. The summed E-state index contributed by atoms with van der Waals surface area (Å²) in [6, 6.07) is 12.3. The molecule has 0 unspecified atom stereocenters. The Balaban J connectivity index is 1.37. The highest BCUT2D eigenvalue weighted by atomic mass is 35.5. The van der Waals surface area contributed by atoms with Crippen LogP contribution in [-0.2, 0) is 11.8 Å². The minimum Gasteiger partial charge on any atom is -0.494 e. The molecule has 2 N–H and O–H groups in total. The van der Waals surface area contributed by atoms with Crippen LogP contribution in [0.5, 0.6) is 5.75 Å². The number of hydrogen-bond acceptors (Lipinski definition) is 9. The molecule has 12 heteroatoms. The Morgan fingerprint density at radius 3 is 2.55 bits per heavy atom. The molecule has 3 aromatic heterocycles. The number of para-hydroxylation sites is 1. The number of methoxy groups -OCH3 is 1. The number of anilines is 5. The van der Waals surface area contributed by atoms with Gasteiger partial charge in [0.15, 0.2) is 5.82 Å². The zero-order valence-corrected chi connectivity index (χ0v) is 25.6. The number of rotatable bonds is 8. The Morgan fingerprint density at radius 1 is 1.00 bits per heavy atom. The highest BCUT2D eigenvalue weighted by Crippen LogP contribution is 2.41. The number of fused-ring (bicyclic) bond motifs is 1. The predicted molar refractivity (Wildman–Crippen MR) is 172 cm³/mol. The monoisotopic (exact) mass is 602 g/mol. The molecule has 216 valence electrons. The lowest BCUT2D eigenvalue weighted by Gasteiger charge is -2.31. The van der Waals surface area contributed by atoms with Gasteiger partial charge in [0.2, 0.25) is 5.95 Å². The highest BCUT2D eigenvalue weighted by molar-refractivity contribution is 7.65. The summed E-state index contributed by atoms with van der Waals surface area (Å²) in [5.74, 6) is 1.53. The van der Waals surface area contributed by atoms with Crippen molar-refractivity contribution in [2.75, 3.05) is 62.3 Å². The van der Waals surface area contributed by atoms with Crippen LogP contribution in [-0.4, -0.2) is 71.5 Å². The van der Waals surface area contributed by atoms with Gasteiger partial charge in [-0.25, -0.2) is 4.98 Å². The van der Waals surface area contributed by atoms with Crippen molar-refractivity contribution >= 4 is 64.6 Å². The van der Waals surface area contributed by atoms with Gasteiger partial charge in [-0.05, 0) is 25.5 Å². The minimum atomic E-state index is -0.449. The Kier molecular flexibility index (Phi) is 8.11. The van der Waals surface area contributed by atoms with Gasteiger partial charge in [0, 0.05) is 59.9 Å². The molecular formula is C30H32ClN8O2P. The average molecular weight is 603 g/mol. The molecule has 1 aliphatic heterocycles. The van der Waals surface area contributed by atoms with Crippen LogP contribution in [0.25, 0.3) is 22.0 Å². The number of halogens is 1. The van der Waals surface area contributed by atoms with E-state index in [1.54, 1.807) is 18.0 Å². The third-order valence-electron chi connectivity index (χ3n) is 7.12. The Bertz CT molecular complexity index is 1740. The zero-order chi connectivity index (χ0) is 29.2. The third kappa shape index (κ3) is 5.70. The van der Waals surface area contributed by atoms with Crippen molar-refractivity contribution in [3.8, 4) is 16.9 Å². The Morgan fingerprint density at radius 2 is 1.81 bits per heavy atom. The molecule has 6 rings (SSSR count). The van der Waals surface area contributed by atoms with Gasteiger partial charge in [-0.15, -0.1) is 0 Å². The number of benzene rings is 2. The lowest BCUT2D eigenvalue weighted by Crippen LogP contribution is -2.36. The molecule has 4 heterocycles. The van der Waals surface area contributed by atoms with Gasteiger partial charge < -0.3 is 25.0 Å². The number of nitrogens with zero attached hydrogens (tertiary/aromatic N) is 6. The van der Waals surface area contributed by atoms with Crippen LogP contribution in [0.4, 0.5) is 28.8 Å². The van der Waals surface area contributed by atoms with Crippen molar-refractivity contribution in [3.63, 3.8) is 0 Å². The molecule has 10 nitrogen and oxygen atoms in total. The summed E-state index contributed by atoms with van der Waals surface area (Å²) in [5, 5.41) is 13.9. The molecule has 0 saturated carbocycles. The number of hydrogen-bond donors (Lipinski definition) is 2. The molecule has 42 heavy (non-hydrogen) atoms. The van der Waals surface area contributed by atoms with Gasteiger partial charge in [0.05, 0.1) is 55.8 Å². The third-order valence-corrected chi connectivity index (χ3v) is 8.78. The summed E-state index contributed by atoms with van der Waals surface area (Å²) >= 11 is 6.59. The lowest BCUT2D eigenvalue weighted by atomic mass is 10.0. The number of nitrogens with one attached hydrogen (secondary N) is 2. The summed E-state index contributed by atoms with van der Waals surface area (Å²) in [6.07, 6.45) is 7.30. The highest BCUT2D eigenvalue weighted by Gasteiger charge is 2.21. The largest absolute Gasteiger partial charge is 0.494 e. The second kappa shape index (κ2) is 12.1. The normalized spacial score (nSPS) is 13.5. The molecule has 1 aliphatic rings. The fourth-order valence-electron chi connectivity index (χ4n) is 5.16. The molecule has 0 aliphatic carbocycles. The van der Waals surface area contributed by atoms with E-state index in [0.29, 0.717) is 35.8 Å². The van der Waals surface area contributed by atoms with E-state index in [0.717, 1.165) is 52.2 Å². The zero-order valence-electron chi connectivity index (χ0n) is 23.9. The van der Waals surface area contributed by atoms with E-state index < -0.39 is 7.92 Å². The first-order valence-electron chi connectivity index (χ1n) is 13.6. The second-order valence-electron chi connectivity index (χ2n) is 10.1. The van der Waals surface area contributed by atoms with E-state index in [9.17, 15) is 0 Å². The molecule has 1 fully saturated rings. The molecule has 5 aromatic rings. The van der Waals surface area contributed by atoms with E-state index in [2.05, 4.69) is 56.1 Å². The standard InChI is InChI=1S/C30H32ClN8O2P/c1-38-18-19(15-34-38)21-13-24(27(40-2)14-26(21)39-9-11-41-12-10-39)36-30-33-16-22(31)29(37-30)35-25-17-32-23-8-6-5-7-20(23)28(25)42(3)4/h5-8,13-18H,9-12H2,1-4H3,(H2,33,35,36,37). The van der Waals surface area contributed by atoms with Crippen molar-refractivity contribution in [1.29, 1.82) is 0 Å². The first-order valence-corrected chi connectivity index (χ1v) is 16.2. The van der Waals surface area contributed by atoms with Crippen LogP contribution in [0.1, 0.15) is 0 Å². The summed E-state index contributed by atoms with van der Waals surface area (Å²) in [4.78, 5) is 16.2.